The fourth-order valence-corrected chi connectivity index (χ4v) is 2.65. The Hall–Kier alpha value is -1.82. The smallest absolute Gasteiger partial charge is 0.338 e. The Labute approximate surface area is 117 Å². The molecule has 1 heterocycles. The Bertz CT molecular complexity index is 476. The summed E-state index contributed by atoms with van der Waals surface area (Å²) in [6.07, 6.45) is 6.20. The van der Waals surface area contributed by atoms with Crippen LogP contribution in [0, 0.1) is 0 Å². The minimum absolute atomic E-state index is 0.0152. The van der Waals surface area contributed by atoms with E-state index in [1.165, 1.54) is 12.5 Å². The molecule has 1 fully saturated rings. The van der Waals surface area contributed by atoms with Crippen LogP contribution in [-0.4, -0.2) is 46.2 Å². The summed E-state index contributed by atoms with van der Waals surface area (Å²) in [5, 5.41) is 18.0. The Kier molecular flexibility index (Phi) is 4.79. The third-order valence-corrected chi connectivity index (χ3v) is 3.67. The van der Waals surface area contributed by atoms with Gasteiger partial charge in [0.15, 0.2) is 5.76 Å². The molecule has 0 bridgehead atoms. The van der Waals surface area contributed by atoms with Gasteiger partial charge in [-0.15, -0.1) is 0 Å². The van der Waals surface area contributed by atoms with Gasteiger partial charge in [-0.2, -0.15) is 0 Å². The van der Waals surface area contributed by atoms with Gasteiger partial charge in [-0.3, -0.25) is 4.79 Å². The van der Waals surface area contributed by atoms with E-state index in [4.69, 9.17) is 14.6 Å². The van der Waals surface area contributed by atoms with Gasteiger partial charge in [-0.05, 0) is 12.8 Å². The quantitative estimate of drug-likeness (QED) is 0.858. The first-order chi connectivity index (χ1) is 9.63. The fraction of sp³-hybridized carbons (Fsp3) is 0.571. The molecule has 6 nitrogen and oxygen atoms in total. The van der Waals surface area contributed by atoms with E-state index >= 15 is 0 Å². The van der Waals surface area contributed by atoms with Crippen molar-refractivity contribution in [3.63, 3.8) is 0 Å². The number of carboxylic acids is 1. The van der Waals surface area contributed by atoms with Gasteiger partial charge >= 0.3 is 5.97 Å². The molecule has 0 aromatic carbocycles. The number of hydrogen-bond acceptors (Lipinski definition) is 4. The van der Waals surface area contributed by atoms with Gasteiger partial charge in [0.05, 0.1) is 12.2 Å². The normalized spacial score (nSPS) is 16.1. The van der Waals surface area contributed by atoms with Crippen molar-refractivity contribution in [1.82, 2.24) is 4.90 Å². The summed E-state index contributed by atoms with van der Waals surface area (Å²) in [5.41, 5.74) is -0.0408. The van der Waals surface area contributed by atoms with Crippen LogP contribution in [0.15, 0.2) is 16.7 Å². The second kappa shape index (κ2) is 6.56. The highest BCUT2D eigenvalue weighted by atomic mass is 16.4. The molecule has 1 aromatic rings. The Balaban J connectivity index is 2.14. The molecule has 0 unspecified atom stereocenters. The van der Waals surface area contributed by atoms with Gasteiger partial charge in [0.25, 0.3) is 5.91 Å². The molecule has 0 saturated heterocycles. The molecule has 1 aliphatic rings. The molecule has 1 aliphatic carbocycles. The van der Waals surface area contributed by atoms with Crippen molar-refractivity contribution in [2.75, 3.05) is 13.2 Å². The number of carboxylic acid groups (broad SMARTS) is 1. The third-order valence-electron chi connectivity index (χ3n) is 3.67. The molecule has 1 aromatic heterocycles. The van der Waals surface area contributed by atoms with Gasteiger partial charge in [-0.1, -0.05) is 19.3 Å². The van der Waals surface area contributed by atoms with Crippen LogP contribution < -0.4 is 0 Å². The van der Waals surface area contributed by atoms with E-state index in [9.17, 15) is 9.59 Å². The van der Waals surface area contributed by atoms with Crippen molar-refractivity contribution < 1.29 is 24.2 Å². The van der Waals surface area contributed by atoms with Crippen LogP contribution >= 0.6 is 0 Å². The summed E-state index contributed by atoms with van der Waals surface area (Å²) in [7, 11) is 0. The van der Waals surface area contributed by atoms with Crippen LogP contribution in [0.1, 0.15) is 53.0 Å². The van der Waals surface area contributed by atoms with Gasteiger partial charge < -0.3 is 19.5 Å². The van der Waals surface area contributed by atoms with E-state index in [1.54, 1.807) is 4.90 Å². The maximum atomic E-state index is 12.4. The third kappa shape index (κ3) is 3.19. The van der Waals surface area contributed by atoms with E-state index in [-0.39, 0.29) is 36.4 Å². The number of amides is 1. The molecule has 0 atom stereocenters. The predicted octanol–water partition coefficient (Wildman–Crippen LogP) is 1.75. The number of aromatic carboxylic acids is 1. The van der Waals surface area contributed by atoms with Crippen LogP contribution in [0.5, 0.6) is 0 Å². The van der Waals surface area contributed by atoms with Crippen LogP contribution in [0.2, 0.25) is 0 Å². The molecule has 20 heavy (non-hydrogen) atoms. The zero-order valence-electron chi connectivity index (χ0n) is 11.2. The average Bonchev–Trinajstić information content (AvgIpc) is 2.95. The lowest BCUT2D eigenvalue weighted by Gasteiger charge is -2.33. The molecule has 6 heteroatoms. The lowest BCUT2D eigenvalue weighted by Crippen LogP contribution is -2.43. The topological polar surface area (TPSA) is 91.0 Å². The maximum Gasteiger partial charge on any atom is 0.338 e. The van der Waals surface area contributed by atoms with Crippen molar-refractivity contribution in [2.24, 2.45) is 0 Å². The lowest BCUT2D eigenvalue weighted by atomic mass is 9.94. The fourth-order valence-electron chi connectivity index (χ4n) is 2.65. The van der Waals surface area contributed by atoms with Crippen molar-refractivity contribution in [3.8, 4) is 0 Å². The lowest BCUT2D eigenvalue weighted by molar-refractivity contribution is 0.0553. The van der Waals surface area contributed by atoms with E-state index in [0.29, 0.717) is 0 Å². The summed E-state index contributed by atoms with van der Waals surface area (Å²) in [5.74, 6) is -1.46. The first-order valence-electron chi connectivity index (χ1n) is 6.87. The van der Waals surface area contributed by atoms with Crippen LogP contribution in [-0.2, 0) is 0 Å². The summed E-state index contributed by atoms with van der Waals surface area (Å²) in [6, 6.07) is 1.33. The van der Waals surface area contributed by atoms with Gasteiger partial charge in [0, 0.05) is 18.7 Å². The highest BCUT2D eigenvalue weighted by molar-refractivity contribution is 5.95. The average molecular weight is 281 g/mol. The predicted molar refractivity (Wildman–Crippen MR) is 70.7 cm³/mol. The summed E-state index contributed by atoms with van der Waals surface area (Å²) < 4.78 is 5.05. The van der Waals surface area contributed by atoms with Crippen molar-refractivity contribution in [2.45, 2.75) is 38.1 Å². The minimum atomic E-state index is -1.13. The van der Waals surface area contributed by atoms with Crippen LogP contribution in [0.4, 0.5) is 0 Å². The monoisotopic (exact) mass is 281 g/mol. The maximum absolute atomic E-state index is 12.4. The highest BCUT2D eigenvalue weighted by Gasteiger charge is 2.28. The molecule has 0 radical (unpaired) electrons. The standard InChI is InChI=1S/C14H19NO5/c16-7-6-15(11-4-2-1-3-5-11)13(17)12-8-10(9-20-12)14(18)19/h8-9,11,16H,1-7H2,(H,18,19). The number of aliphatic hydroxyl groups excluding tert-OH is 1. The number of furan rings is 1. The second-order valence-corrected chi connectivity index (χ2v) is 5.02. The van der Waals surface area contributed by atoms with Crippen LogP contribution in [0.25, 0.3) is 0 Å². The highest BCUT2D eigenvalue weighted by Crippen LogP contribution is 2.24. The molecule has 1 saturated carbocycles. The number of hydrogen-bond donors (Lipinski definition) is 2. The molecular formula is C14H19NO5. The number of carbonyl (C=O) groups is 2. The zero-order valence-corrected chi connectivity index (χ0v) is 11.2. The zero-order chi connectivity index (χ0) is 14.5. The molecule has 1 amide bonds. The van der Waals surface area contributed by atoms with Crippen LogP contribution in [0.3, 0.4) is 0 Å². The van der Waals surface area contributed by atoms with E-state index in [0.717, 1.165) is 31.9 Å². The van der Waals surface area contributed by atoms with Crippen molar-refractivity contribution in [1.29, 1.82) is 0 Å². The van der Waals surface area contributed by atoms with Crippen molar-refractivity contribution >= 4 is 11.9 Å². The number of carbonyl (C=O) groups excluding carboxylic acids is 1. The molecule has 2 rings (SSSR count). The first kappa shape index (κ1) is 14.6. The van der Waals surface area contributed by atoms with Gasteiger partial charge in [-0.25, -0.2) is 4.79 Å². The Morgan fingerprint density at radius 2 is 2.00 bits per heavy atom. The van der Waals surface area contributed by atoms with Crippen molar-refractivity contribution in [3.05, 3.63) is 23.7 Å². The minimum Gasteiger partial charge on any atom is -0.478 e. The molecule has 110 valence electrons. The number of rotatable bonds is 5. The van der Waals surface area contributed by atoms with Gasteiger partial charge in [0.1, 0.15) is 6.26 Å². The summed E-state index contributed by atoms with van der Waals surface area (Å²) >= 11 is 0. The summed E-state index contributed by atoms with van der Waals surface area (Å²) in [6.45, 7) is 0.126. The molecule has 2 N–H and O–H groups in total. The van der Waals surface area contributed by atoms with E-state index in [2.05, 4.69) is 0 Å². The Morgan fingerprint density at radius 3 is 2.55 bits per heavy atom. The Morgan fingerprint density at radius 1 is 1.30 bits per heavy atom. The number of nitrogens with zero attached hydrogens (tertiary/aromatic N) is 1. The van der Waals surface area contributed by atoms with Gasteiger partial charge in [0.2, 0.25) is 0 Å². The number of aliphatic hydroxyl groups is 1. The first-order valence-corrected chi connectivity index (χ1v) is 6.87. The molecule has 0 aliphatic heterocycles. The largest absolute Gasteiger partial charge is 0.478 e. The summed E-state index contributed by atoms with van der Waals surface area (Å²) in [4.78, 5) is 24.8. The molecule has 0 spiro atoms. The second-order valence-electron chi connectivity index (χ2n) is 5.02. The SMILES string of the molecule is O=C(O)c1coc(C(=O)N(CCO)C2CCCCC2)c1. The van der Waals surface area contributed by atoms with E-state index in [1.807, 2.05) is 0 Å². The van der Waals surface area contributed by atoms with E-state index < -0.39 is 5.97 Å². The molecular weight excluding hydrogens is 262 g/mol.